The minimum atomic E-state index is -0.796. The summed E-state index contributed by atoms with van der Waals surface area (Å²) in [7, 11) is 0. The Labute approximate surface area is 183 Å². The van der Waals surface area contributed by atoms with Gasteiger partial charge < -0.3 is 10.6 Å². The minimum absolute atomic E-state index is 0.151. The van der Waals surface area contributed by atoms with Crippen LogP contribution >= 0.6 is 0 Å². The molecule has 168 valence electrons. The van der Waals surface area contributed by atoms with E-state index >= 15 is 0 Å². The fourth-order valence-electron chi connectivity index (χ4n) is 3.44. The molecule has 4 N–H and O–H groups in total. The lowest BCUT2D eigenvalue weighted by atomic mass is 9.92. The third kappa shape index (κ3) is 8.72. The molecule has 0 saturated carbocycles. The van der Waals surface area contributed by atoms with Gasteiger partial charge in [-0.2, -0.15) is 0 Å². The molecule has 3 amide bonds. The van der Waals surface area contributed by atoms with Gasteiger partial charge in [-0.1, -0.05) is 50.3 Å². The Morgan fingerprint density at radius 1 is 1.13 bits per heavy atom. The van der Waals surface area contributed by atoms with Crippen molar-refractivity contribution in [2.24, 2.45) is 16.8 Å². The summed E-state index contributed by atoms with van der Waals surface area (Å²) in [6, 6.07) is 8.63. The van der Waals surface area contributed by atoms with Gasteiger partial charge in [0.05, 0.1) is 12.3 Å². The van der Waals surface area contributed by atoms with Crippen LogP contribution in [0.2, 0.25) is 0 Å². The van der Waals surface area contributed by atoms with Crippen molar-refractivity contribution in [2.75, 3.05) is 13.1 Å². The first-order chi connectivity index (χ1) is 14.9. The second kappa shape index (κ2) is 12.6. The van der Waals surface area contributed by atoms with E-state index in [1.54, 1.807) is 5.48 Å². The summed E-state index contributed by atoms with van der Waals surface area (Å²) in [6.45, 7) is 4.89. The quantitative estimate of drug-likeness (QED) is 0.317. The zero-order valence-electron chi connectivity index (χ0n) is 18.1. The van der Waals surface area contributed by atoms with Gasteiger partial charge in [0.15, 0.2) is 0 Å². The number of hydrogen-bond acceptors (Lipinski definition) is 5. The summed E-state index contributed by atoms with van der Waals surface area (Å²) in [5, 5.41) is 14.5. The normalized spacial score (nSPS) is 15.0. The Hall–Kier alpha value is -3.00. The second-order valence-corrected chi connectivity index (χ2v) is 8.10. The van der Waals surface area contributed by atoms with Crippen LogP contribution in [-0.2, 0) is 20.8 Å². The van der Waals surface area contributed by atoms with E-state index in [4.69, 9.17) is 5.21 Å². The van der Waals surface area contributed by atoms with E-state index in [0.29, 0.717) is 25.9 Å². The molecule has 1 heterocycles. The van der Waals surface area contributed by atoms with Crippen molar-refractivity contribution in [3.63, 3.8) is 0 Å². The molecule has 0 fully saturated rings. The number of aliphatic imine (C=N–C) groups is 1. The van der Waals surface area contributed by atoms with Crippen LogP contribution in [0.4, 0.5) is 0 Å². The summed E-state index contributed by atoms with van der Waals surface area (Å²) in [5.41, 5.74) is 3.28. The zero-order valence-corrected chi connectivity index (χ0v) is 18.1. The number of rotatable bonds is 11. The zero-order chi connectivity index (χ0) is 22.6. The number of dihydropyridines is 1. The van der Waals surface area contributed by atoms with Gasteiger partial charge in [-0.3, -0.25) is 24.6 Å². The van der Waals surface area contributed by atoms with E-state index in [0.717, 1.165) is 17.7 Å². The molecule has 2 rings (SSSR count). The number of hydrogen-bond donors (Lipinski definition) is 4. The maximum Gasteiger partial charge on any atom is 0.244 e. The molecule has 0 aliphatic carbocycles. The summed E-state index contributed by atoms with van der Waals surface area (Å²) in [4.78, 5) is 41.9. The molecule has 8 nitrogen and oxygen atoms in total. The molecule has 0 saturated heterocycles. The molecule has 1 aliphatic rings. The lowest BCUT2D eigenvalue weighted by Gasteiger charge is -2.23. The third-order valence-corrected chi connectivity index (χ3v) is 4.96. The van der Waals surface area contributed by atoms with E-state index in [1.165, 1.54) is 0 Å². The Kier molecular flexibility index (Phi) is 9.90. The van der Waals surface area contributed by atoms with Crippen LogP contribution in [0.15, 0.2) is 47.5 Å². The smallest absolute Gasteiger partial charge is 0.244 e. The van der Waals surface area contributed by atoms with Crippen LogP contribution in [0.3, 0.4) is 0 Å². The van der Waals surface area contributed by atoms with Crippen molar-refractivity contribution in [2.45, 2.75) is 45.6 Å². The Morgan fingerprint density at radius 3 is 2.48 bits per heavy atom. The first-order valence-electron chi connectivity index (χ1n) is 10.6. The second-order valence-electron chi connectivity index (χ2n) is 8.10. The average Bonchev–Trinajstić information content (AvgIpc) is 2.77. The van der Waals surface area contributed by atoms with Gasteiger partial charge in [0, 0.05) is 25.3 Å². The van der Waals surface area contributed by atoms with Crippen LogP contribution in [0.5, 0.6) is 0 Å². The molecule has 1 aromatic rings. The molecule has 8 heteroatoms. The highest BCUT2D eigenvalue weighted by molar-refractivity contribution is 6.00. The number of nitrogens with zero attached hydrogens (tertiary/aromatic N) is 1. The minimum Gasteiger partial charge on any atom is -0.349 e. The van der Waals surface area contributed by atoms with Gasteiger partial charge in [0.1, 0.15) is 6.04 Å². The fraction of sp³-hybridized carbons (Fsp3) is 0.478. The monoisotopic (exact) mass is 428 g/mol. The molecule has 0 aromatic heterocycles. The van der Waals surface area contributed by atoms with Gasteiger partial charge in [0.2, 0.25) is 17.7 Å². The number of benzene rings is 1. The van der Waals surface area contributed by atoms with Crippen molar-refractivity contribution in [1.82, 2.24) is 16.1 Å². The van der Waals surface area contributed by atoms with Crippen LogP contribution in [0, 0.1) is 11.8 Å². The first kappa shape index (κ1) is 24.3. The molecular weight excluding hydrogens is 396 g/mol. The Morgan fingerprint density at radius 2 is 1.87 bits per heavy atom. The topological polar surface area (TPSA) is 120 Å². The lowest BCUT2D eigenvalue weighted by molar-refractivity contribution is -0.136. The Bertz CT molecular complexity index is 805. The van der Waals surface area contributed by atoms with Crippen molar-refractivity contribution in [3.05, 3.63) is 48.0 Å². The van der Waals surface area contributed by atoms with Gasteiger partial charge in [-0.25, -0.2) is 5.48 Å². The maximum absolute atomic E-state index is 13.0. The predicted octanol–water partition coefficient (Wildman–Crippen LogP) is 1.79. The van der Waals surface area contributed by atoms with E-state index in [1.807, 2.05) is 56.3 Å². The highest BCUT2D eigenvalue weighted by atomic mass is 16.5. The molecule has 0 spiro atoms. The van der Waals surface area contributed by atoms with Gasteiger partial charge in [-0.05, 0) is 30.4 Å². The van der Waals surface area contributed by atoms with Crippen LogP contribution in [0.25, 0.3) is 0 Å². The number of carbonyl (C=O) groups excluding carboxylic acids is 3. The summed E-state index contributed by atoms with van der Waals surface area (Å²) >= 11 is 0. The number of hydroxylamine groups is 1. The molecule has 2 unspecified atom stereocenters. The van der Waals surface area contributed by atoms with Crippen LogP contribution < -0.4 is 16.1 Å². The summed E-state index contributed by atoms with van der Waals surface area (Å²) in [6.07, 6.45) is 5.42. The van der Waals surface area contributed by atoms with Crippen molar-refractivity contribution in [3.8, 4) is 0 Å². The molecule has 0 bridgehead atoms. The van der Waals surface area contributed by atoms with Crippen molar-refractivity contribution < 1.29 is 19.6 Å². The lowest BCUT2D eigenvalue weighted by Crippen LogP contribution is -2.51. The van der Waals surface area contributed by atoms with Gasteiger partial charge in [-0.15, -0.1) is 0 Å². The highest BCUT2D eigenvalue weighted by Gasteiger charge is 2.28. The largest absolute Gasteiger partial charge is 0.349 e. The molecule has 1 aromatic carbocycles. The molecule has 2 atom stereocenters. The summed E-state index contributed by atoms with van der Waals surface area (Å²) < 4.78 is 0. The number of amides is 3. The van der Waals surface area contributed by atoms with Crippen molar-refractivity contribution >= 4 is 23.4 Å². The standard InChI is InChI=1S/C23H32N4O4/c1-16(2)12-18(14-21(28)27-31)22(29)26-20(13-17-8-4-3-5-9-17)23(30)25-15-19-10-6-7-11-24-19/h3-6,8-10,16,18,20,31H,7,11-15H2,1-2H3,(H,25,30)(H,26,29)(H,27,28). The van der Waals surface area contributed by atoms with Crippen LogP contribution in [0.1, 0.15) is 38.7 Å². The number of carbonyl (C=O) groups is 3. The molecule has 1 aliphatic heterocycles. The van der Waals surface area contributed by atoms with E-state index < -0.39 is 17.9 Å². The molecule has 31 heavy (non-hydrogen) atoms. The highest BCUT2D eigenvalue weighted by Crippen LogP contribution is 2.16. The number of nitrogens with one attached hydrogen (secondary N) is 3. The van der Waals surface area contributed by atoms with E-state index in [-0.39, 0.29) is 24.2 Å². The molecular formula is C23H32N4O4. The Balaban J connectivity index is 2.10. The average molecular weight is 429 g/mol. The molecule has 0 radical (unpaired) electrons. The van der Waals surface area contributed by atoms with Crippen molar-refractivity contribution in [1.29, 1.82) is 0 Å². The van der Waals surface area contributed by atoms with E-state index in [9.17, 15) is 14.4 Å². The maximum atomic E-state index is 13.0. The van der Waals surface area contributed by atoms with Gasteiger partial charge >= 0.3 is 0 Å². The third-order valence-electron chi connectivity index (χ3n) is 4.96. The fourth-order valence-corrected chi connectivity index (χ4v) is 3.44. The van der Waals surface area contributed by atoms with Gasteiger partial charge in [0.25, 0.3) is 0 Å². The predicted molar refractivity (Wildman–Crippen MR) is 119 cm³/mol. The first-order valence-corrected chi connectivity index (χ1v) is 10.6. The SMILES string of the molecule is CC(C)CC(CC(=O)NO)C(=O)NC(Cc1ccccc1)C(=O)NCC1=NCCC=C1. The van der Waals surface area contributed by atoms with Crippen LogP contribution in [-0.4, -0.2) is 47.8 Å². The summed E-state index contributed by atoms with van der Waals surface area (Å²) in [5.74, 6) is -1.81. The van der Waals surface area contributed by atoms with E-state index in [2.05, 4.69) is 15.6 Å².